The van der Waals surface area contributed by atoms with E-state index in [0.29, 0.717) is 46.2 Å². The number of H-pyrrole nitrogens is 1. The molecule has 198 valence electrons. The van der Waals surface area contributed by atoms with Crippen molar-refractivity contribution in [2.75, 3.05) is 20.6 Å². The zero-order valence-electron chi connectivity index (χ0n) is 22.4. The number of hydrogen-bond acceptors (Lipinski definition) is 5. The maximum absolute atomic E-state index is 13.7. The van der Waals surface area contributed by atoms with Crippen LogP contribution in [0.1, 0.15) is 76.8 Å². The molecule has 8 heteroatoms. The van der Waals surface area contributed by atoms with E-state index in [1.807, 2.05) is 26.8 Å². The summed E-state index contributed by atoms with van der Waals surface area (Å²) in [6.07, 6.45) is 6.88. The molecule has 7 nitrogen and oxygen atoms in total. The van der Waals surface area contributed by atoms with E-state index >= 15 is 0 Å². The number of carbonyl (C=O) groups excluding carboxylic acids is 1. The number of ether oxygens (including phenoxy) is 2. The highest BCUT2D eigenvalue weighted by atomic mass is 35.5. The quantitative estimate of drug-likeness (QED) is 0.614. The molecule has 37 heavy (non-hydrogen) atoms. The van der Waals surface area contributed by atoms with Crippen LogP contribution < -0.4 is 15.0 Å². The molecule has 0 spiro atoms. The molecule has 3 fully saturated rings. The summed E-state index contributed by atoms with van der Waals surface area (Å²) in [7, 11) is 4.39. The molecule has 1 atom stereocenters. The number of rotatable bonds is 4. The molecule has 2 aromatic rings. The van der Waals surface area contributed by atoms with E-state index in [0.717, 1.165) is 60.9 Å². The summed E-state index contributed by atoms with van der Waals surface area (Å²) in [4.78, 5) is 33.4. The summed E-state index contributed by atoms with van der Waals surface area (Å²) in [5, 5.41) is 0.501. The average Bonchev–Trinajstić information content (AvgIpc) is 3.34. The molecule has 1 aromatic heterocycles. The van der Waals surface area contributed by atoms with E-state index in [1.54, 1.807) is 4.90 Å². The molecule has 3 aliphatic carbocycles. The number of benzene rings is 1. The third-order valence-electron chi connectivity index (χ3n) is 9.83. The molecular formula is C29H36ClN3O4. The number of aromatic nitrogens is 1. The van der Waals surface area contributed by atoms with Crippen LogP contribution in [0.25, 0.3) is 0 Å². The summed E-state index contributed by atoms with van der Waals surface area (Å²) < 4.78 is 13.0. The third kappa shape index (κ3) is 3.64. The minimum Gasteiger partial charge on any atom is -0.450 e. The van der Waals surface area contributed by atoms with Crippen LogP contribution in [-0.4, -0.2) is 53.2 Å². The van der Waals surface area contributed by atoms with Crippen molar-refractivity contribution in [2.24, 2.45) is 5.41 Å². The summed E-state index contributed by atoms with van der Waals surface area (Å²) in [5.74, 6) is 1.09. The molecule has 0 saturated heterocycles. The highest BCUT2D eigenvalue weighted by Crippen LogP contribution is 2.59. The van der Waals surface area contributed by atoms with E-state index in [1.165, 1.54) is 0 Å². The monoisotopic (exact) mass is 525 g/mol. The Labute approximate surface area is 223 Å². The molecule has 1 amide bonds. The van der Waals surface area contributed by atoms with Gasteiger partial charge in [-0.05, 0) is 97.0 Å². The smallest absolute Gasteiger partial charge is 0.254 e. The van der Waals surface area contributed by atoms with Crippen LogP contribution >= 0.6 is 11.6 Å². The molecular weight excluding hydrogens is 490 g/mol. The predicted molar refractivity (Wildman–Crippen MR) is 143 cm³/mol. The topological polar surface area (TPSA) is 74.9 Å². The second-order valence-corrected chi connectivity index (χ2v) is 12.3. The molecule has 2 bridgehead atoms. The Morgan fingerprint density at radius 3 is 2.32 bits per heavy atom. The molecule has 0 radical (unpaired) electrons. The van der Waals surface area contributed by atoms with Crippen LogP contribution in [0.4, 0.5) is 0 Å². The number of aryl methyl sites for hydroxylation is 2. The summed E-state index contributed by atoms with van der Waals surface area (Å²) in [6.45, 7) is 6.48. The molecule has 2 aliphatic heterocycles. The lowest BCUT2D eigenvalue weighted by atomic mass is 9.56. The van der Waals surface area contributed by atoms with Gasteiger partial charge < -0.3 is 24.3 Å². The van der Waals surface area contributed by atoms with Crippen molar-refractivity contribution in [3.63, 3.8) is 0 Å². The first-order valence-corrected chi connectivity index (χ1v) is 13.8. The molecule has 1 N–H and O–H groups in total. The van der Waals surface area contributed by atoms with E-state index in [2.05, 4.69) is 24.0 Å². The standard InChI is InChI=1S/C29H36ClN3O4/c1-16-14-17(2)31-25(34)20(16)15-33-13-6-19-21(26(33)35)18(3)23-24(22(19)30)37-27(36-23)28-7-10-29(11-8-28,12-9-28)32(4)5/h14,27H,6-13,15H2,1-5H3,(H,31,34). The van der Waals surface area contributed by atoms with Gasteiger partial charge in [-0.15, -0.1) is 0 Å². The van der Waals surface area contributed by atoms with Gasteiger partial charge in [-0.1, -0.05) is 11.6 Å². The number of nitrogens with one attached hydrogen (secondary N) is 1. The minimum atomic E-state index is -0.372. The Morgan fingerprint density at radius 1 is 1.05 bits per heavy atom. The van der Waals surface area contributed by atoms with Crippen LogP contribution in [0, 0.1) is 26.2 Å². The van der Waals surface area contributed by atoms with E-state index in [-0.39, 0.29) is 29.7 Å². The summed E-state index contributed by atoms with van der Waals surface area (Å²) in [5.41, 5.74) is 4.67. The van der Waals surface area contributed by atoms with Crippen molar-refractivity contribution in [2.45, 2.75) is 84.1 Å². The molecule has 1 aromatic carbocycles. The third-order valence-corrected chi connectivity index (χ3v) is 10.2. The van der Waals surface area contributed by atoms with Crippen LogP contribution in [-0.2, 0) is 13.0 Å². The fourth-order valence-electron chi connectivity index (χ4n) is 7.26. The lowest BCUT2D eigenvalue weighted by Gasteiger charge is -2.56. The number of fused-ring (bicyclic) bond motifs is 5. The van der Waals surface area contributed by atoms with E-state index in [9.17, 15) is 9.59 Å². The highest BCUT2D eigenvalue weighted by Gasteiger charge is 2.57. The second kappa shape index (κ2) is 8.50. The van der Waals surface area contributed by atoms with Gasteiger partial charge in [-0.25, -0.2) is 0 Å². The number of pyridine rings is 1. The zero-order chi connectivity index (χ0) is 26.3. The largest absolute Gasteiger partial charge is 0.450 e. The van der Waals surface area contributed by atoms with Crippen LogP contribution in [0.5, 0.6) is 11.5 Å². The first-order valence-electron chi connectivity index (χ1n) is 13.4. The van der Waals surface area contributed by atoms with Gasteiger partial charge in [-0.2, -0.15) is 0 Å². The first kappa shape index (κ1) is 24.8. The van der Waals surface area contributed by atoms with E-state index in [4.69, 9.17) is 21.1 Å². The normalized spacial score (nSPS) is 28.2. The maximum atomic E-state index is 13.7. The first-order chi connectivity index (χ1) is 17.5. The van der Waals surface area contributed by atoms with Crippen LogP contribution in [0.3, 0.4) is 0 Å². The van der Waals surface area contributed by atoms with Crippen molar-refractivity contribution in [1.29, 1.82) is 0 Å². The van der Waals surface area contributed by atoms with Gasteiger partial charge in [0.1, 0.15) is 0 Å². The van der Waals surface area contributed by atoms with Crippen LogP contribution in [0.15, 0.2) is 10.9 Å². The molecule has 5 aliphatic rings. The number of nitrogens with zero attached hydrogens (tertiary/aromatic N) is 2. The fourth-order valence-corrected chi connectivity index (χ4v) is 7.58. The van der Waals surface area contributed by atoms with Gasteiger partial charge in [0.2, 0.25) is 6.29 Å². The molecule has 3 saturated carbocycles. The lowest BCUT2D eigenvalue weighted by Crippen LogP contribution is -2.58. The zero-order valence-corrected chi connectivity index (χ0v) is 23.2. The van der Waals surface area contributed by atoms with Crippen molar-refractivity contribution in [3.05, 3.63) is 55.0 Å². The van der Waals surface area contributed by atoms with Crippen molar-refractivity contribution in [3.8, 4) is 11.5 Å². The summed E-state index contributed by atoms with van der Waals surface area (Å²) >= 11 is 6.91. The Kier molecular flexibility index (Phi) is 5.70. The predicted octanol–water partition coefficient (Wildman–Crippen LogP) is 4.90. The van der Waals surface area contributed by atoms with Crippen molar-refractivity contribution in [1.82, 2.24) is 14.8 Å². The van der Waals surface area contributed by atoms with E-state index < -0.39 is 0 Å². The Bertz CT molecular complexity index is 1340. The average molecular weight is 526 g/mol. The van der Waals surface area contributed by atoms with Gasteiger partial charge in [0.05, 0.1) is 17.1 Å². The number of hydrogen-bond donors (Lipinski definition) is 1. The Hall–Kier alpha value is -2.51. The minimum absolute atomic E-state index is 0.0207. The Balaban J connectivity index is 1.29. The fraction of sp³-hybridized carbons (Fsp3) is 0.586. The number of aromatic amines is 1. The lowest BCUT2D eigenvalue weighted by molar-refractivity contribution is -0.142. The number of amides is 1. The molecule has 1 unspecified atom stereocenters. The van der Waals surface area contributed by atoms with Gasteiger partial charge in [0.15, 0.2) is 11.5 Å². The van der Waals surface area contributed by atoms with Crippen LogP contribution in [0.2, 0.25) is 5.02 Å². The molecule has 3 heterocycles. The Morgan fingerprint density at radius 2 is 1.70 bits per heavy atom. The van der Waals surface area contributed by atoms with Gasteiger partial charge >= 0.3 is 0 Å². The number of carbonyl (C=O) groups is 1. The van der Waals surface area contributed by atoms with Crippen molar-refractivity contribution < 1.29 is 14.3 Å². The number of halogens is 1. The highest BCUT2D eigenvalue weighted by molar-refractivity contribution is 6.34. The SMILES string of the molecule is Cc1cc(C)c(CN2CCc3c(Cl)c4c(c(C)c3C2=O)OC(C23CCC(N(C)C)(CC2)CC3)O4)c(=O)[nH]1. The van der Waals surface area contributed by atoms with Gasteiger partial charge in [0.25, 0.3) is 11.5 Å². The summed E-state index contributed by atoms with van der Waals surface area (Å²) in [6, 6.07) is 1.94. The van der Waals surface area contributed by atoms with Gasteiger partial charge in [0, 0.05) is 34.3 Å². The maximum Gasteiger partial charge on any atom is 0.254 e. The van der Waals surface area contributed by atoms with Gasteiger partial charge in [-0.3, -0.25) is 9.59 Å². The second-order valence-electron chi connectivity index (χ2n) is 11.9. The van der Waals surface area contributed by atoms with Crippen molar-refractivity contribution >= 4 is 17.5 Å². The molecule has 7 rings (SSSR count).